The van der Waals surface area contributed by atoms with Crippen molar-refractivity contribution in [1.29, 1.82) is 5.26 Å². The highest BCUT2D eigenvalue weighted by molar-refractivity contribution is 7.91. The molecular weight excluding hydrogens is 273 g/mol. The summed E-state index contributed by atoms with van der Waals surface area (Å²) in [4.78, 5) is 10.1. The molecule has 7 heteroatoms. The molecule has 0 amide bonds. The van der Waals surface area contributed by atoms with Crippen LogP contribution in [0.3, 0.4) is 0 Å². The molecule has 0 fully saturated rings. The summed E-state index contributed by atoms with van der Waals surface area (Å²) in [5, 5.41) is 17.0. The summed E-state index contributed by atoms with van der Waals surface area (Å²) < 4.78 is 37.2. The maximum absolute atomic E-state index is 13.6. The zero-order chi connectivity index (χ0) is 14.5. The molecular formula is C12H12FNO4S. The van der Waals surface area contributed by atoms with Gasteiger partial charge in [0.25, 0.3) is 0 Å². The number of hydrogen-bond acceptors (Lipinski definition) is 4. The minimum Gasteiger partial charge on any atom is -0.478 e. The average Bonchev–Trinajstić information content (AvgIpc) is 2.34. The Hall–Kier alpha value is -1.94. The van der Waals surface area contributed by atoms with Crippen LogP contribution in [0.25, 0.3) is 0 Å². The van der Waals surface area contributed by atoms with Gasteiger partial charge in [-0.15, -0.1) is 0 Å². The van der Waals surface area contributed by atoms with Gasteiger partial charge >= 0.3 is 5.97 Å². The van der Waals surface area contributed by atoms with Crippen molar-refractivity contribution in [2.45, 2.75) is 24.2 Å². The number of sulfone groups is 1. The van der Waals surface area contributed by atoms with Gasteiger partial charge in [0.15, 0.2) is 9.84 Å². The third-order valence-corrected chi connectivity index (χ3v) is 4.29. The zero-order valence-electron chi connectivity index (χ0n) is 9.97. The highest BCUT2D eigenvalue weighted by Gasteiger charge is 2.20. The van der Waals surface area contributed by atoms with Crippen LogP contribution in [0.1, 0.15) is 29.6 Å². The van der Waals surface area contributed by atoms with Crippen LogP contribution in [0.2, 0.25) is 0 Å². The Balaban J connectivity index is 2.90. The molecule has 0 spiro atoms. The first kappa shape index (κ1) is 15.1. The molecule has 0 saturated carbocycles. The Morgan fingerprint density at radius 1 is 1.37 bits per heavy atom. The zero-order valence-corrected chi connectivity index (χ0v) is 10.8. The Kier molecular flexibility index (Phi) is 5.01. The third kappa shape index (κ3) is 4.03. The fraction of sp³-hybridized carbons (Fsp3) is 0.333. The van der Waals surface area contributed by atoms with Gasteiger partial charge in [-0.05, 0) is 31.0 Å². The minimum atomic E-state index is -3.79. The van der Waals surface area contributed by atoms with Crippen molar-refractivity contribution in [2.75, 3.05) is 5.75 Å². The third-order valence-electron chi connectivity index (χ3n) is 2.47. The minimum absolute atomic E-state index is 0.246. The fourth-order valence-electron chi connectivity index (χ4n) is 1.49. The lowest BCUT2D eigenvalue weighted by molar-refractivity contribution is 0.0696. The topological polar surface area (TPSA) is 95.2 Å². The number of unbranched alkanes of at least 4 members (excludes halogenated alkanes) is 2. The second-order valence-electron chi connectivity index (χ2n) is 3.88. The van der Waals surface area contributed by atoms with Gasteiger partial charge in [-0.3, -0.25) is 0 Å². The van der Waals surface area contributed by atoms with Crippen LogP contribution in [0.15, 0.2) is 23.1 Å². The first-order chi connectivity index (χ1) is 8.88. The van der Waals surface area contributed by atoms with Crippen molar-refractivity contribution in [3.8, 4) is 6.07 Å². The molecule has 1 aromatic carbocycles. The molecule has 0 heterocycles. The number of carboxylic acids is 1. The van der Waals surface area contributed by atoms with Crippen LogP contribution in [-0.2, 0) is 9.84 Å². The Labute approximate surface area is 110 Å². The van der Waals surface area contributed by atoms with Gasteiger partial charge in [-0.25, -0.2) is 17.6 Å². The standard InChI is InChI=1S/C12H12FNO4S/c13-10-8-9(12(15)16)4-5-11(10)19(17,18)7-3-1-2-6-14/h4-5,8H,1-3,7H2,(H,15,16). The molecule has 19 heavy (non-hydrogen) atoms. The number of nitriles is 1. The maximum atomic E-state index is 13.6. The maximum Gasteiger partial charge on any atom is 0.335 e. The Morgan fingerprint density at radius 2 is 2.05 bits per heavy atom. The van der Waals surface area contributed by atoms with E-state index in [9.17, 15) is 17.6 Å². The molecule has 102 valence electrons. The molecule has 0 aliphatic carbocycles. The number of carbonyl (C=O) groups is 1. The van der Waals surface area contributed by atoms with Crippen molar-refractivity contribution < 1.29 is 22.7 Å². The lowest BCUT2D eigenvalue weighted by Crippen LogP contribution is -2.10. The second-order valence-corrected chi connectivity index (χ2v) is 5.96. The van der Waals surface area contributed by atoms with E-state index in [0.717, 1.165) is 12.1 Å². The van der Waals surface area contributed by atoms with E-state index in [1.165, 1.54) is 0 Å². The van der Waals surface area contributed by atoms with E-state index >= 15 is 0 Å². The summed E-state index contributed by atoms with van der Waals surface area (Å²) in [6.07, 6.45) is 0.927. The predicted octanol–water partition coefficient (Wildman–Crippen LogP) is 1.99. The van der Waals surface area contributed by atoms with Crippen LogP contribution in [0, 0.1) is 17.1 Å². The van der Waals surface area contributed by atoms with E-state index in [-0.39, 0.29) is 24.2 Å². The highest BCUT2D eigenvalue weighted by atomic mass is 32.2. The summed E-state index contributed by atoms with van der Waals surface area (Å²) in [7, 11) is -3.79. The summed E-state index contributed by atoms with van der Waals surface area (Å²) in [5.41, 5.74) is -0.305. The normalized spacial score (nSPS) is 10.9. The lowest BCUT2D eigenvalue weighted by Gasteiger charge is -2.05. The van der Waals surface area contributed by atoms with Crippen molar-refractivity contribution in [1.82, 2.24) is 0 Å². The molecule has 1 aromatic rings. The number of halogens is 1. The van der Waals surface area contributed by atoms with E-state index in [1.54, 1.807) is 0 Å². The van der Waals surface area contributed by atoms with E-state index in [2.05, 4.69) is 0 Å². The van der Waals surface area contributed by atoms with Gasteiger partial charge in [0.1, 0.15) is 10.7 Å². The number of hydrogen-bond donors (Lipinski definition) is 1. The summed E-state index contributed by atoms with van der Waals surface area (Å²) in [6, 6.07) is 4.58. The van der Waals surface area contributed by atoms with Gasteiger partial charge in [-0.2, -0.15) is 5.26 Å². The van der Waals surface area contributed by atoms with Crippen LogP contribution in [0.5, 0.6) is 0 Å². The van der Waals surface area contributed by atoms with Crippen LogP contribution >= 0.6 is 0 Å². The smallest absolute Gasteiger partial charge is 0.335 e. The molecule has 0 saturated heterocycles. The van der Waals surface area contributed by atoms with Crippen molar-refractivity contribution >= 4 is 15.8 Å². The van der Waals surface area contributed by atoms with Crippen molar-refractivity contribution in [3.05, 3.63) is 29.6 Å². The number of rotatable bonds is 6. The van der Waals surface area contributed by atoms with Crippen LogP contribution in [0.4, 0.5) is 4.39 Å². The average molecular weight is 285 g/mol. The summed E-state index contributed by atoms with van der Waals surface area (Å²) in [6.45, 7) is 0. The van der Waals surface area contributed by atoms with E-state index in [0.29, 0.717) is 12.5 Å². The first-order valence-electron chi connectivity index (χ1n) is 5.51. The number of aromatic carboxylic acids is 1. The van der Waals surface area contributed by atoms with Crippen molar-refractivity contribution in [2.24, 2.45) is 0 Å². The largest absolute Gasteiger partial charge is 0.478 e. The highest BCUT2D eigenvalue weighted by Crippen LogP contribution is 2.19. The van der Waals surface area contributed by atoms with E-state index < -0.39 is 26.5 Å². The Morgan fingerprint density at radius 3 is 2.58 bits per heavy atom. The van der Waals surface area contributed by atoms with E-state index in [1.807, 2.05) is 6.07 Å². The van der Waals surface area contributed by atoms with Gasteiger partial charge in [-0.1, -0.05) is 0 Å². The second kappa shape index (κ2) is 6.29. The molecule has 1 N–H and O–H groups in total. The van der Waals surface area contributed by atoms with E-state index in [4.69, 9.17) is 10.4 Å². The predicted molar refractivity (Wildman–Crippen MR) is 64.9 cm³/mol. The first-order valence-corrected chi connectivity index (χ1v) is 7.16. The molecule has 0 radical (unpaired) electrons. The van der Waals surface area contributed by atoms with Crippen LogP contribution in [-0.4, -0.2) is 25.2 Å². The molecule has 1 rings (SSSR count). The quantitative estimate of drug-likeness (QED) is 0.806. The van der Waals surface area contributed by atoms with Crippen molar-refractivity contribution in [3.63, 3.8) is 0 Å². The summed E-state index contributed by atoms with van der Waals surface area (Å²) in [5.74, 6) is -2.66. The number of carboxylic acid groups (broad SMARTS) is 1. The Bertz CT molecular complexity index is 619. The molecule has 5 nitrogen and oxygen atoms in total. The fourth-order valence-corrected chi connectivity index (χ4v) is 2.93. The van der Waals surface area contributed by atoms with Gasteiger partial charge in [0.05, 0.1) is 17.4 Å². The molecule has 0 aromatic heterocycles. The molecule has 0 aliphatic heterocycles. The number of benzene rings is 1. The lowest BCUT2D eigenvalue weighted by atomic mass is 10.2. The molecule has 0 bridgehead atoms. The number of nitrogens with zero attached hydrogens (tertiary/aromatic N) is 1. The summed E-state index contributed by atoms with van der Waals surface area (Å²) >= 11 is 0. The SMILES string of the molecule is N#CCCCCS(=O)(=O)c1ccc(C(=O)O)cc1F. The van der Waals surface area contributed by atoms with Crippen LogP contribution < -0.4 is 0 Å². The molecule has 0 atom stereocenters. The molecule has 0 aliphatic rings. The monoisotopic (exact) mass is 285 g/mol. The molecule has 0 unspecified atom stereocenters. The van der Waals surface area contributed by atoms with Gasteiger partial charge < -0.3 is 5.11 Å². The van der Waals surface area contributed by atoms with Gasteiger partial charge in [0.2, 0.25) is 0 Å². The van der Waals surface area contributed by atoms with Gasteiger partial charge in [0, 0.05) is 6.42 Å².